The van der Waals surface area contributed by atoms with Gasteiger partial charge in [0.2, 0.25) is 15.8 Å². The molecule has 0 aliphatic heterocycles. The molecule has 1 aromatic rings. The predicted octanol–water partition coefficient (Wildman–Crippen LogP) is 3.93. The number of halogens is 1. The zero-order valence-corrected chi connectivity index (χ0v) is 18.7. The molecule has 0 aromatic heterocycles. The summed E-state index contributed by atoms with van der Waals surface area (Å²) >= 11 is 7.83. The van der Waals surface area contributed by atoms with E-state index in [2.05, 4.69) is 0 Å². The van der Waals surface area contributed by atoms with Crippen LogP contribution in [-0.4, -0.2) is 45.6 Å². The molecule has 0 N–H and O–H groups in total. The van der Waals surface area contributed by atoms with Crippen LogP contribution in [-0.2, 0) is 19.6 Å². The Labute approximate surface area is 175 Å². The molecule has 0 heterocycles. The molecule has 1 aliphatic carbocycles. The Balaban J connectivity index is 2.67. The van der Waals surface area contributed by atoms with E-state index in [9.17, 15) is 18.0 Å². The summed E-state index contributed by atoms with van der Waals surface area (Å²) in [6.07, 6.45) is 5.51. The molecule has 6 nitrogen and oxygen atoms in total. The predicted molar refractivity (Wildman–Crippen MR) is 113 cm³/mol. The fourth-order valence-electron chi connectivity index (χ4n) is 2.79. The van der Waals surface area contributed by atoms with Gasteiger partial charge < -0.3 is 4.74 Å². The standard InChI is InChI=1S/C19H24ClNO5S2/c1-5-21(28(4,24)25)17-13(9-10-15(27-3)16(17)20)19(23)14(11-26-6-2)18(22)12-7-8-12/h9-12H,5-8H2,1-4H3/b14-11-. The first-order chi connectivity index (χ1) is 13.2. The Morgan fingerprint density at radius 2 is 1.96 bits per heavy atom. The van der Waals surface area contributed by atoms with E-state index in [1.54, 1.807) is 26.2 Å². The summed E-state index contributed by atoms with van der Waals surface area (Å²) in [5, 5.41) is 0.167. The second-order valence-electron chi connectivity index (χ2n) is 6.36. The molecular formula is C19H24ClNO5S2. The number of ketones is 2. The summed E-state index contributed by atoms with van der Waals surface area (Å²) in [5.74, 6) is -1.05. The number of anilines is 1. The van der Waals surface area contributed by atoms with Gasteiger partial charge in [-0.1, -0.05) is 11.6 Å². The third-order valence-corrected chi connectivity index (χ3v) is 6.82. The number of hydrogen-bond acceptors (Lipinski definition) is 6. The molecule has 154 valence electrons. The first-order valence-corrected chi connectivity index (χ1v) is 12.4. The van der Waals surface area contributed by atoms with Gasteiger partial charge in [0.25, 0.3) is 0 Å². The molecule has 1 aliphatic rings. The van der Waals surface area contributed by atoms with Crippen molar-refractivity contribution in [1.82, 2.24) is 0 Å². The molecule has 0 amide bonds. The quantitative estimate of drug-likeness (QED) is 0.135. The van der Waals surface area contributed by atoms with Crippen molar-refractivity contribution in [1.29, 1.82) is 0 Å². The summed E-state index contributed by atoms with van der Waals surface area (Å²) in [6.45, 7) is 3.80. The number of hydrogen-bond donors (Lipinski definition) is 0. The highest BCUT2D eigenvalue weighted by Crippen LogP contribution is 2.40. The lowest BCUT2D eigenvalue weighted by Gasteiger charge is -2.25. The third-order valence-electron chi connectivity index (χ3n) is 4.31. The van der Waals surface area contributed by atoms with E-state index in [4.69, 9.17) is 16.3 Å². The van der Waals surface area contributed by atoms with E-state index in [1.807, 2.05) is 0 Å². The number of nitrogens with zero attached hydrogens (tertiary/aromatic N) is 1. The van der Waals surface area contributed by atoms with Gasteiger partial charge in [0.05, 0.1) is 29.8 Å². The van der Waals surface area contributed by atoms with Crippen molar-refractivity contribution >= 4 is 50.6 Å². The maximum Gasteiger partial charge on any atom is 0.232 e. The second kappa shape index (κ2) is 9.33. The highest BCUT2D eigenvalue weighted by Gasteiger charge is 2.37. The topological polar surface area (TPSA) is 80.8 Å². The Morgan fingerprint density at radius 3 is 2.43 bits per heavy atom. The lowest BCUT2D eigenvalue weighted by Crippen LogP contribution is -2.32. The number of Topliss-reactive ketones (excluding diaryl/α,β-unsaturated/α-hetero) is 2. The van der Waals surface area contributed by atoms with Crippen molar-refractivity contribution in [2.75, 3.05) is 30.0 Å². The van der Waals surface area contributed by atoms with Gasteiger partial charge in [0, 0.05) is 22.9 Å². The first kappa shape index (κ1) is 22.8. The van der Waals surface area contributed by atoms with Crippen LogP contribution >= 0.6 is 23.4 Å². The summed E-state index contributed by atoms with van der Waals surface area (Å²) in [5.41, 5.74) is 0.0765. The minimum atomic E-state index is -3.69. The number of carbonyl (C=O) groups is 2. The second-order valence-corrected chi connectivity index (χ2v) is 9.49. The van der Waals surface area contributed by atoms with Gasteiger partial charge in [-0.25, -0.2) is 8.42 Å². The van der Waals surface area contributed by atoms with Crippen LogP contribution < -0.4 is 4.31 Å². The number of benzene rings is 1. The largest absolute Gasteiger partial charge is 0.501 e. The van der Waals surface area contributed by atoms with Crippen LogP contribution in [0.15, 0.2) is 28.9 Å². The molecule has 28 heavy (non-hydrogen) atoms. The summed E-state index contributed by atoms with van der Waals surface area (Å²) in [4.78, 5) is 26.6. The fraction of sp³-hybridized carbons (Fsp3) is 0.474. The first-order valence-electron chi connectivity index (χ1n) is 8.92. The van der Waals surface area contributed by atoms with E-state index in [0.717, 1.165) is 23.4 Å². The molecule has 0 radical (unpaired) electrons. The van der Waals surface area contributed by atoms with Crippen molar-refractivity contribution in [2.45, 2.75) is 31.6 Å². The zero-order chi connectivity index (χ0) is 21.1. The molecule has 1 aromatic carbocycles. The van der Waals surface area contributed by atoms with Crippen LogP contribution in [0.2, 0.25) is 5.02 Å². The molecule has 0 spiro atoms. The van der Waals surface area contributed by atoms with Crippen molar-refractivity contribution in [3.63, 3.8) is 0 Å². The summed E-state index contributed by atoms with van der Waals surface area (Å²) < 4.78 is 31.0. The van der Waals surface area contributed by atoms with E-state index in [1.165, 1.54) is 24.1 Å². The van der Waals surface area contributed by atoms with Gasteiger partial charge in [-0.05, 0) is 45.1 Å². The maximum atomic E-state index is 13.3. The third kappa shape index (κ3) is 4.90. The van der Waals surface area contributed by atoms with Gasteiger partial charge in [-0.2, -0.15) is 0 Å². The van der Waals surface area contributed by atoms with Crippen LogP contribution in [0.1, 0.15) is 37.0 Å². The number of ether oxygens (including phenoxy) is 1. The number of allylic oxidation sites excluding steroid dienone is 1. The van der Waals surface area contributed by atoms with Crippen molar-refractivity contribution in [2.24, 2.45) is 5.92 Å². The van der Waals surface area contributed by atoms with Crippen LogP contribution in [0.3, 0.4) is 0 Å². The number of carbonyl (C=O) groups excluding carboxylic acids is 2. The number of sulfonamides is 1. The molecule has 2 rings (SSSR count). The van der Waals surface area contributed by atoms with E-state index < -0.39 is 15.8 Å². The van der Waals surface area contributed by atoms with E-state index >= 15 is 0 Å². The highest BCUT2D eigenvalue weighted by atomic mass is 35.5. The maximum absolute atomic E-state index is 13.3. The van der Waals surface area contributed by atoms with Crippen molar-refractivity contribution in [3.8, 4) is 0 Å². The molecule has 0 saturated heterocycles. The molecule has 1 fully saturated rings. The Hall–Kier alpha value is -1.51. The van der Waals surface area contributed by atoms with E-state index in [0.29, 0.717) is 11.5 Å². The zero-order valence-electron chi connectivity index (χ0n) is 16.3. The average molecular weight is 446 g/mol. The van der Waals surface area contributed by atoms with Gasteiger partial charge in [-0.3, -0.25) is 13.9 Å². The smallest absolute Gasteiger partial charge is 0.232 e. The Bertz CT molecular complexity index is 907. The molecule has 9 heteroatoms. The minimum Gasteiger partial charge on any atom is -0.501 e. The Morgan fingerprint density at radius 1 is 1.32 bits per heavy atom. The van der Waals surface area contributed by atoms with Crippen LogP contribution in [0, 0.1) is 5.92 Å². The lowest BCUT2D eigenvalue weighted by atomic mass is 9.97. The summed E-state index contributed by atoms with van der Waals surface area (Å²) in [7, 11) is -3.69. The van der Waals surface area contributed by atoms with Crippen LogP contribution in [0.4, 0.5) is 5.69 Å². The Kier molecular flexibility index (Phi) is 7.59. The van der Waals surface area contributed by atoms with Crippen LogP contribution in [0.5, 0.6) is 0 Å². The number of rotatable bonds is 10. The molecule has 0 atom stereocenters. The van der Waals surface area contributed by atoms with Gasteiger partial charge >= 0.3 is 0 Å². The molecule has 1 saturated carbocycles. The van der Waals surface area contributed by atoms with Gasteiger partial charge in [0.15, 0.2) is 5.78 Å². The lowest BCUT2D eigenvalue weighted by molar-refractivity contribution is -0.116. The molecular weight excluding hydrogens is 422 g/mol. The molecule has 0 bridgehead atoms. The molecule has 0 unspecified atom stereocenters. The van der Waals surface area contributed by atoms with Crippen LogP contribution in [0.25, 0.3) is 0 Å². The monoisotopic (exact) mass is 445 g/mol. The van der Waals surface area contributed by atoms with Gasteiger partial charge in [0.1, 0.15) is 5.57 Å². The number of thioether (sulfide) groups is 1. The normalized spacial score (nSPS) is 14.7. The van der Waals surface area contributed by atoms with E-state index in [-0.39, 0.29) is 40.1 Å². The van der Waals surface area contributed by atoms with Gasteiger partial charge in [-0.15, -0.1) is 11.8 Å². The fourth-order valence-corrected chi connectivity index (χ4v) is 4.81. The average Bonchev–Trinajstić information content (AvgIpc) is 3.47. The SMILES string of the molecule is CCO/C=C(\C(=O)c1ccc(SC)c(Cl)c1N(CC)S(C)(=O)=O)C(=O)C1CC1. The summed E-state index contributed by atoms with van der Waals surface area (Å²) in [6, 6.07) is 3.17. The van der Waals surface area contributed by atoms with Crippen molar-refractivity contribution < 1.29 is 22.7 Å². The van der Waals surface area contributed by atoms with Crippen molar-refractivity contribution in [3.05, 3.63) is 34.6 Å². The minimum absolute atomic E-state index is 0.0648. The highest BCUT2D eigenvalue weighted by molar-refractivity contribution is 7.98.